The molecule has 1 aliphatic heterocycles. The van der Waals surface area contributed by atoms with Gasteiger partial charge in [0.1, 0.15) is 6.04 Å². The first kappa shape index (κ1) is 11.2. The van der Waals surface area contributed by atoms with E-state index in [0.717, 1.165) is 5.69 Å². The van der Waals surface area contributed by atoms with E-state index in [1.54, 1.807) is 12.1 Å². The third kappa shape index (κ3) is 2.28. The van der Waals surface area contributed by atoms with Crippen molar-refractivity contribution in [3.63, 3.8) is 0 Å². The summed E-state index contributed by atoms with van der Waals surface area (Å²) < 4.78 is 5.25. The maximum atomic E-state index is 11.3. The summed E-state index contributed by atoms with van der Waals surface area (Å²) in [6, 6.07) is 6.96. The summed E-state index contributed by atoms with van der Waals surface area (Å²) in [7, 11) is 0. The van der Waals surface area contributed by atoms with Gasteiger partial charge in [0, 0.05) is 17.3 Å². The molecule has 1 atom stereocenters. The van der Waals surface area contributed by atoms with E-state index < -0.39 is 6.04 Å². The fourth-order valence-electron chi connectivity index (χ4n) is 1.78. The molecule has 0 bridgehead atoms. The first-order chi connectivity index (χ1) is 7.68. The number of benzene rings is 1. The van der Waals surface area contributed by atoms with Crippen molar-refractivity contribution in [1.29, 1.82) is 0 Å². The van der Waals surface area contributed by atoms with Crippen LogP contribution in [0.3, 0.4) is 0 Å². The summed E-state index contributed by atoms with van der Waals surface area (Å²) in [6.45, 7) is 1.61. The van der Waals surface area contributed by atoms with Crippen LogP contribution in [-0.4, -0.2) is 31.7 Å². The molecule has 4 nitrogen and oxygen atoms in total. The van der Waals surface area contributed by atoms with E-state index in [1.165, 1.54) is 0 Å². The maximum Gasteiger partial charge on any atom is 0.242 e. The van der Waals surface area contributed by atoms with Crippen LogP contribution in [0, 0.1) is 0 Å². The Hall–Kier alpha value is -1.26. The number of hydrogen-bond acceptors (Lipinski definition) is 3. The van der Waals surface area contributed by atoms with Crippen LogP contribution in [0.1, 0.15) is 0 Å². The number of carbonyl (C=O) groups is 1. The van der Waals surface area contributed by atoms with Gasteiger partial charge in [0.25, 0.3) is 0 Å². The average molecular weight is 241 g/mol. The summed E-state index contributed by atoms with van der Waals surface area (Å²) in [5, 5.41) is 0.674. The summed E-state index contributed by atoms with van der Waals surface area (Å²) in [4.78, 5) is 13.2. The van der Waals surface area contributed by atoms with Gasteiger partial charge in [-0.05, 0) is 24.3 Å². The van der Waals surface area contributed by atoms with Gasteiger partial charge in [-0.25, -0.2) is 0 Å². The number of morpholine rings is 1. The highest BCUT2D eigenvalue weighted by atomic mass is 35.5. The molecule has 2 rings (SSSR count). The van der Waals surface area contributed by atoms with Crippen LogP contribution in [0.15, 0.2) is 24.3 Å². The Kier molecular flexibility index (Phi) is 3.31. The molecule has 16 heavy (non-hydrogen) atoms. The monoisotopic (exact) mass is 240 g/mol. The lowest BCUT2D eigenvalue weighted by Crippen LogP contribution is -2.52. The second kappa shape index (κ2) is 4.72. The van der Waals surface area contributed by atoms with Crippen LogP contribution >= 0.6 is 11.6 Å². The molecule has 2 N–H and O–H groups in total. The normalized spacial score (nSPS) is 20.8. The Balaban J connectivity index is 2.23. The number of carbonyl (C=O) groups excluding carboxylic acids is 1. The second-order valence-corrected chi connectivity index (χ2v) is 4.10. The standard InChI is InChI=1S/C11H13ClN2O2/c12-8-1-3-9(4-2-8)14-5-6-16-7-10(14)11(13)15/h1-4,10H,5-7H2,(H2,13,15). The van der Waals surface area contributed by atoms with Crippen LogP contribution in [0.5, 0.6) is 0 Å². The van der Waals surface area contributed by atoms with Crippen molar-refractivity contribution < 1.29 is 9.53 Å². The van der Waals surface area contributed by atoms with E-state index in [1.807, 2.05) is 17.0 Å². The van der Waals surface area contributed by atoms with E-state index >= 15 is 0 Å². The van der Waals surface area contributed by atoms with E-state index in [9.17, 15) is 4.79 Å². The lowest BCUT2D eigenvalue weighted by atomic mass is 10.2. The first-order valence-corrected chi connectivity index (χ1v) is 5.45. The molecule has 5 heteroatoms. The molecule has 86 valence electrons. The second-order valence-electron chi connectivity index (χ2n) is 3.66. The van der Waals surface area contributed by atoms with Crippen molar-refractivity contribution in [3.8, 4) is 0 Å². The van der Waals surface area contributed by atoms with Crippen molar-refractivity contribution in [2.45, 2.75) is 6.04 Å². The van der Waals surface area contributed by atoms with E-state index in [0.29, 0.717) is 24.8 Å². The largest absolute Gasteiger partial charge is 0.377 e. The van der Waals surface area contributed by atoms with Crippen molar-refractivity contribution in [2.24, 2.45) is 5.73 Å². The molecule has 1 saturated heterocycles. The average Bonchev–Trinajstić information content (AvgIpc) is 2.30. The molecule has 1 aromatic rings. The van der Waals surface area contributed by atoms with Crippen molar-refractivity contribution >= 4 is 23.2 Å². The molecule has 0 radical (unpaired) electrons. The number of amides is 1. The van der Waals surface area contributed by atoms with Crippen LogP contribution in [0.2, 0.25) is 5.02 Å². The number of rotatable bonds is 2. The summed E-state index contributed by atoms with van der Waals surface area (Å²) >= 11 is 5.81. The van der Waals surface area contributed by atoms with Crippen LogP contribution in [-0.2, 0) is 9.53 Å². The van der Waals surface area contributed by atoms with Gasteiger partial charge in [-0.15, -0.1) is 0 Å². The lowest BCUT2D eigenvalue weighted by molar-refractivity contribution is -0.121. The highest BCUT2D eigenvalue weighted by Gasteiger charge is 2.27. The fourth-order valence-corrected chi connectivity index (χ4v) is 1.91. The highest BCUT2D eigenvalue weighted by Crippen LogP contribution is 2.21. The SMILES string of the molecule is NC(=O)C1COCCN1c1ccc(Cl)cc1. The number of halogens is 1. The zero-order valence-corrected chi connectivity index (χ0v) is 9.48. The Morgan fingerprint density at radius 2 is 2.12 bits per heavy atom. The Labute approximate surface area is 98.9 Å². The van der Waals surface area contributed by atoms with Gasteiger partial charge >= 0.3 is 0 Å². The fraction of sp³-hybridized carbons (Fsp3) is 0.364. The van der Waals surface area contributed by atoms with E-state index in [2.05, 4.69) is 0 Å². The van der Waals surface area contributed by atoms with Crippen molar-refractivity contribution in [3.05, 3.63) is 29.3 Å². The van der Waals surface area contributed by atoms with Gasteiger partial charge in [0.05, 0.1) is 13.2 Å². The minimum absolute atomic E-state index is 0.345. The predicted octanol–water partition coefficient (Wildman–Crippen LogP) is 1.03. The molecule has 1 heterocycles. The van der Waals surface area contributed by atoms with Crippen LogP contribution in [0.4, 0.5) is 5.69 Å². The number of primary amides is 1. The quantitative estimate of drug-likeness (QED) is 0.840. The van der Waals surface area contributed by atoms with Gasteiger partial charge in [-0.1, -0.05) is 11.6 Å². The van der Waals surface area contributed by atoms with Crippen LogP contribution in [0.25, 0.3) is 0 Å². The molecule has 0 aromatic heterocycles. The molecule has 1 fully saturated rings. The predicted molar refractivity (Wildman–Crippen MR) is 62.6 cm³/mol. The molecule has 1 aromatic carbocycles. The van der Waals surface area contributed by atoms with Gasteiger partial charge in [0.15, 0.2) is 0 Å². The van der Waals surface area contributed by atoms with E-state index in [4.69, 9.17) is 22.1 Å². The van der Waals surface area contributed by atoms with Gasteiger partial charge in [-0.2, -0.15) is 0 Å². The maximum absolute atomic E-state index is 11.3. The molecule has 1 aliphatic rings. The summed E-state index contributed by atoms with van der Waals surface area (Å²) in [6.07, 6.45) is 0. The number of ether oxygens (including phenoxy) is 1. The van der Waals surface area contributed by atoms with Gasteiger partial charge < -0.3 is 15.4 Å². The topological polar surface area (TPSA) is 55.6 Å². The zero-order chi connectivity index (χ0) is 11.5. The van der Waals surface area contributed by atoms with E-state index in [-0.39, 0.29) is 5.91 Å². The number of nitrogens with zero attached hydrogens (tertiary/aromatic N) is 1. The Morgan fingerprint density at radius 1 is 1.44 bits per heavy atom. The minimum Gasteiger partial charge on any atom is -0.377 e. The van der Waals surface area contributed by atoms with Gasteiger partial charge in [-0.3, -0.25) is 4.79 Å². The highest BCUT2D eigenvalue weighted by molar-refractivity contribution is 6.30. The molecular formula is C11H13ClN2O2. The summed E-state index contributed by atoms with van der Waals surface area (Å²) in [5.41, 5.74) is 6.28. The van der Waals surface area contributed by atoms with Gasteiger partial charge in [0.2, 0.25) is 5.91 Å². The number of hydrogen-bond donors (Lipinski definition) is 1. The van der Waals surface area contributed by atoms with Crippen molar-refractivity contribution in [1.82, 2.24) is 0 Å². The summed E-state index contributed by atoms with van der Waals surface area (Å²) in [5.74, 6) is -0.366. The molecule has 0 saturated carbocycles. The Morgan fingerprint density at radius 3 is 2.75 bits per heavy atom. The third-order valence-electron chi connectivity index (χ3n) is 2.62. The van der Waals surface area contributed by atoms with Crippen molar-refractivity contribution in [2.75, 3.05) is 24.7 Å². The molecule has 1 amide bonds. The minimum atomic E-state index is -0.394. The number of anilines is 1. The first-order valence-electron chi connectivity index (χ1n) is 5.08. The molecular weight excluding hydrogens is 228 g/mol. The molecule has 1 unspecified atom stereocenters. The third-order valence-corrected chi connectivity index (χ3v) is 2.87. The Bertz CT molecular complexity index is 380. The van der Waals surface area contributed by atoms with Crippen LogP contribution < -0.4 is 10.6 Å². The lowest BCUT2D eigenvalue weighted by Gasteiger charge is -2.35. The smallest absolute Gasteiger partial charge is 0.242 e. The zero-order valence-electron chi connectivity index (χ0n) is 8.73. The molecule has 0 aliphatic carbocycles. The number of nitrogens with two attached hydrogens (primary N) is 1. The molecule has 0 spiro atoms.